The zero-order valence-electron chi connectivity index (χ0n) is 12.7. The van der Waals surface area contributed by atoms with Gasteiger partial charge in [0.25, 0.3) is 0 Å². The number of thiol groups is 1. The van der Waals surface area contributed by atoms with E-state index in [0.29, 0.717) is 5.41 Å². The van der Waals surface area contributed by atoms with E-state index in [2.05, 4.69) is 41.7 Å². The van der Waals surface area contributed by atoms with Gasteiger partial charge in [0.1, 0.15) is 0 Å². The normalized spacial score (nSPS) is 18.9. The Bertz CT molecular complexity index is 372. The maximum Gasteiger partial charge on any atom is 0.0270 e. The summed E-state index contributed by atoms with van der Waals surface area (Å²) in [5, 5.41) is 0. The van der Waals surface area contributed by atoms with Gasteiger partial charge in [0, 0.05) is 25.5 Å². The fourth-order valence-corrected chi connectivity index (χ4v) is 3.78. The first kappa shape index (κ1) is 15.8. The molecular weight excluding hydrogens is 264 g/mol. The fraction of sp³-hybridized carbons (Fsp3) is 0.706. The molecule has 1 saturated carbocycles. The van der Waals surface area contributed by atoms with Crippen LogP contribution in [0.5, 0.6) is 0 Å². The van der Waals surface area contributed by atoms with Crippen molar-refractivity contribution in [3.8, 4) is 0 Å². The molecule has 0 bridgehead atoms. The Morgan fingerprint density at radius 2 is 1.80 bits per heavy atom. The zero-order chi connectivity index (χ0) is 14.3. The van der Waals surface area contributed by atoms with Crippen molar-refractivity contribution in [3.63, 3.8) is 0 Å². The van der Waals surface area contributed by atoms with E-state index in [4.69, 9.17) is 0 Å². The van der Waals surface area contributed by atoms with E-state index in [9.17, 15) is 0 Å². The highest BCUT2D eigenvalue weighted by Gasteiger charge is 2.30. The fourth-order valence-electron chi connectivity index (χ4n) is 3.37. The molecular formula is C17H28N2S. The summed E-state index contributed by atoms with van der Waals surface area (Å²) in [5.41, 5.74) is 1.83. The third-order valence-corrected chi connectivity index (χ3v) is 5.31. The van der Waals surface area contributed by atoms with Crippen molar-refractivity contribution in [3.05, 3.63) is 30.1 Å². The predicted octanol–water partition coefficient (Wildman–Crippen LogP) is 3.83. The second kappa shape index (κ2) is 8.04. The molecule has 2 rings (SSSR count). The average Bonchev–Trinajstić information content (AvgIpc) is 2.72. The number of nitrogens with zero attached hydrogens (tertiary/aromatic N) is 2. The molecule has 1 aromatic heterocycles. The van der Waals surface area contributed by atoms with Gasteiger partial charge in [0.05, 0.1) is 0 Å². The standard InChI is InChI=1S/C17H28N2S/c1-19(13-8-16-6-11-18-12-7-16)14-17(15-20)9-4-2-3-5-10-17/h6-7,11-12,20H,2-5,8-10,13-15H2,1H3. The van der Waals surface area contributed by atoms with Crippen molar-refractivity contribution in [2.75, 3.05) is 25.9 Å². The van der Waals surface area contributed by atoms with Crippen LogP contribution in [0.1, 0.15) is 44.1 Å². The van der Waals surface area contributed by atoms with Crippen molar-refractivity contribution in [2.45, 2.75) is 44.9 Å². The molecule has 1 fully saturated rings. The van der Waals surface area contributed by atoms with Crippen LogP contribution in [0.15, 0.2) is 24.5 Å². The second-order valence-electron chi connectivity index (χ2n) is 6.42. The predicted molar refractivity (Wildman–Crippen MR) is 89.4 cm³/mol. The summed E-state index contributed by atoms with van der Waals surface area (Å²) in [5.74, 6) is 1.03. The molecule has 112 valence electrons. The molecule has 1 aliphatic rings. The van der Waals surface area contributed by atoms with Crippen LogP contribution in [0.4, 0.5) is 0 Å². The molecule has 0 N–H and O–H groups in total. The Balaban J connectivity index is 1.83. The molecule has 0 unspecified atom stereocenters. The summed E-state index contributed by atoms with van der Waals surface area (Å²) in [6.07, 6.45) is 13.2. The zero-order valence-corrected chi connectivity index (χ0v) is 13.6. The van der Waals surface area contributed by atoms with E-state index in [0.717, 1.165) is 18.7 Å². The lowest BCUT2D eigenvalue weighted by atomic mass is 9.81. The van der Waals surface area contributed by atoms with Gasteiger partial charge in [-0.25, -0.2) is 0 Å². The lowest BCUT2D eigenvalue weighted by Crippen LogP contribution is -2.37. The average molecular weight is 292 g/mol. The topological polar surface area (TPSA) is 16.1 Å². The first-order chi connectivity index (χ1) is 9.74. The van der Waals surface area contributed by atoms with E-state index in [1.165, 1.54) is 50.6 Å². The van der Waals surface area contributed by atoms with E-state index in [1.54, 1.807) is 0 Å². The maximum absolute atomic E-state index is 4.67. The van der Waals surface area contributed by atoms with Crippen molar-refractivity contribution < 1.29 is 0 Å². The molecule has 2 nitrogen and oxygen atoms in total. The summed E-state index contributed by atoms with van der Waals surface area (Å²) < 4.78 is 0. The summed E-state index contributed by atoms with van der Waals surface area (Å²) >= 11 is 4.67. The first-order valence-electron chi connectivity index (χ1n) is 7.92. The molecule has 20 heavy (non-hydrogen) atoms. The molecule has 1 heterocycles. The van der Waals surface area contributed by atoms with Crippen LogP contribution in [0, 0.1) is 5.41 Å². The third kappa shape index (κ3) is 4.78. The highest BCUT2D eigenvalue weighted by molar-refractivity contribution is 7.80. The Hall–Kier alpha value is -0.540. The lowest BCUT2D eigenvalue weighted by molar-refractivity contribution is 0.176. The molecule has 1 aliphatic carbocycles. The van der Waals surface area contributed by atoms with E-state index in [-0.39, 0.29) is 0 Å². The van der Waals surface area contributed by atoms with Gasteiger partial charge in [0.2, 0.25) is 0 Å². The van der Waals surface area contributed by atoms with Gasteiger partial charge in [-0.1, -0.05) is 25.7 Å². The van der Waals surface area contributed by atoms with E-state index in [1.807, 2.05) is 12.4 Å². The first-order valence-corrected chi connectivity index (χ1v) is 8.56. The second-order valence-corrected chi connectivity index (χ2v) is 6.73. The van der Waals surface area contributed by atoms with Crippen LogP contribution < -0.4 is 0 Å². The van der Waals surface area contributed by atoms with E-state index >= 15 is 0 Å². The van der Waals surface area contributed by atoms with Crippen LogP contribution in [0.2, 0.25) is 0 Å². The van der Waals surface area contributed by atoms with Crippen LogP contribution in [0.3, 0.4) is 0 Å². The molecule has 0 aromatic carbocycles. The molecule has 0 atom stereocenters. The lowest BCUT2D eigenvalue weighted by Gasteiger charge is -2.35. The minimum atomic E-state index is 0.451. The van der Waals surface area contributed by atoms with Gasteiger partial charge < -0.3 is 4.90 Å². The summed E-state index contributed by atoms with van der Waals surface area (Å²) in [6.45, 7) is 2.32. The van der Waals surface area contributed by atoms with Gasteiger partial charge in [-0.15, -0.1) is 0 Å². The van der Waals surface area contributed by atoms with Crippen LogP contribution >= 0.6 is 12.6 Å². The number of pyridine rings is 1. The van der Waals surface area contributed by atoms with Gasteiger partial charge >= 0.3 is 0 Å². The van der Waals surface area contributed by atoms with Gasteiger partial charge in [-0.05, 0) is 55.2 Å². The van der Waals surface area contributed by atoms with Crippen LogP contribution in [0.25, 0.3) is 0 Å². The largest absolute Gasteiger partial charge is 0.305 e. The highest BCUT2D eigenvalue weighted by Crippen LogP contribution is 2.36. The molecule has 3 heteroatoms. The number of hydrogen-bond acceptors (Lipinski definition) is 3. The van der Waals surface area contributed by atoms with Crippen LogP contribution in [-0.4, -0.2) is 35.8 Å². The van der Waals surface area contributed by atoms with E-state index < -0.39 is 0 Å². The van der Waals surface area contributed by atoms with Gasteiger partial charge in [-0.2, -0.15) is 12.6 Å². The number of aromatic nitrogens is 1. The number of hydrogen-bond donors (Lipinski definition) is 1. The number of likely N-dealkylation sites (N-methyl/N-ethyl adjacent to an activating group) is 1. The Morgan fingerprint density at radius 3 is 2.40 bits per heavy atom. The SMILES string of the molecule is CN(CCc1ccncc1)CC1(CS)CCCCCC1. The van der Waals surface area contributed by atoms with Gasteiger partial charge in [0.15, 0.2) is 0 Å². The maximum atomic E-state index is 4.67. The summed E-state index contributed by atoms with van der Waals surface area (Å²) in [6, 6.07) is 4.24. The smallest absolute Gasteiger partial charge is 0.0270 e. The minimum Gasteiger partial charge on any atom is -0.305 e. The Morgan fingerprint density at radius 1 is 1.15 bits per heavy atom. The summed E-state index contributed by atoms with van der Waals surface area (Å²) in [4.78, 5) is 6.58. The van der Waals surface area contributed by atoms with Crippen LogP contribution in [-0.2, 0) is 6.42 Å². The quantitative estimate of drug-likeness (QED) is 0.633. The van der Waals surface area contributed by atoms with Crippen molar-refractivity contribution >= 4 is 12.6 Å². The monoisotopic (exact) mass is 292 g/mol. The Kier molecular flexibility index (Phi) is 6.37. The molecule has 0 amide bonds. The van der Waals surface area contributed by atoms with Crippen molar-refractivity contribution in [1.29, 1.82) is 0 Å². The Labute approximate surface area is 129 Å². The summed E-state index contributed by atoms with van der Waals surface area (Å²) in [7, 11) is 2.26. The molecule has 0 radical (unpaired) electrons. The van der Waals surface area contributed by atoms with Crippen molar-refractivity contribution in [1.82, 2.24) is 9.88 Å². The molecule has 0 saturated heterocycles. The highest BCUT2D eigenvalue weighted by atomic mass is 32.1. The molecule has 1 aromatic rings. The minimum absolute atomic E-state index is 0.451. The van der Waals surface area contributed by atoms with Crippen molar-refractivity contribution in [2.24, 2.45) is 5.41 Å². The van der Waals surface area contributed by atoms with Gasteiger partial charge in [-0.3, -0.25) is 4.98 Å². The molecule has 0 aliphatic heterocycles. The third-order valence-electron chi connectivity index (χ3n) is 4.64. The number of rotatable bonds is 6. The molecule has 0 spiro atoms.